The molecule has 3 aromatic rings. The lowest BCUT2D eigenvalue weighted by Crippen LogP contribution is -2.30. The number of nitrogens with one attached hydrogen (secondary N) is 1. The first-order chi connectivity index (χ1) is 16.4. The molecule has 1 aliphatic rings. The molecule has 3 aromatic carbocycles. The van der Waals surface area contributed by atoms with E-state index < -0.39 is 11.7 Å². The third-order valence-electron chi connectivity index (χ3n) is 5.55. The summed E-state index contributed by atoms with van der Waals surface area (Å²) < 4.78 is 19.4. The van der Waals surface area contributed by atoms with Gasteiger partial charge in [0, 0.05) is 24.2 Å². The fraction of sp³-hybridized carbons (Fsp3) is 0.192. The van der Waals surface area contributed by atoms with Crippen LogP contribution in [0.4, 0.5) is 10.1 Å². The van der Waals surface area contributed by atoms with Crippen LogP contribution < -0.4 is 15.1 Å². The molecular formula is C26H23ClFN3O3. The van der Waals surface area contributed by atoms with Gasteiger partial charge in [-0.3, -0.25) is 9.59 Å². The van der Waals surface area contributed by atoms with Gasteiger partial charge in [-0.2, -0.15) is 5.10 Å². The van der Waals surface area contributed by atoms with Gasteiger partial charge in [-0.25, -0.2) is 9.82 Å². The number of amides is 2. The Morgan fingerprint density at radius 1 is 1.18 bits per heavy atom. The molecule has 1 fully saturated rings. The smallest absolute Gasteiger partial charge is 0.245 e. The highest BCUT2D eigenvalue weighted by molar-refractivity contribution is 6.31. The molecule has 0 radical (unpaired) electrons. The number of carbonyl (C=O) groups excluding carboxylic acids is 2. The maximum atomic E-state index is 13.8. The monoisotopic (exact) mass is 479 g/mol. The molecule has 0 aromatic heterocycles. The topological polar surface area (TPSA) is 71.0 Å². The maximum Gasteiger partial charge on any atom is 0.245 e. The predicted octanol–water partition coefficient (Wildman–Crippen LogP) is 4.87. The van der Waals surface area contributed by atoms with E-state index in [1.54, 1.807) is 41.3 Å². The van der Waals surface area contributed by atoms with E-state index in [-0.39, 0.29) is 24.8 Å². The van der Waals surface area contributed by atoms with Crippen molar-refractivity contribution in [2.75, 3.05) is 11.4 Å². The normalized spacial score (nSPS) is 15.7. The van der Waals surface area contributed by atoms with Gasteiger partial charge in [-0.05, 0) is 61.0 Å². The van der Waals surface area contributed by atoms with E-state index in [2.05, 4.69) is 10.5 Å². The van der Waals surface area contributed by atoms with Crippen LogP contribution in [0.3, 0.4) is 0 Å². The molecule has 0 spiro atoms. The zero-order valence-corrected chi connectivity index (χ0v) is 19.3. The van der Waals surface area contributed by atoms with Gasteiger partial charge < -0.3 is 9.64 Å². The molecule has 8 heteroatoms. The van der Waals surface area contributed by atoms with E-state index in [0.29, 0.717) is 22.9 Å². The summed E-state index contributed by atoms with van der Waals surface area (Å²) in [6.45, 7) is 2.31. The van der Waals surface area contributed by atoms with E-state index in [1.807, 2.05) is 31.2 Å². The van der Waals surface area contributed by atoms with Crippen molar-refractivity contribution in [3.05, 3.63) is 94.3 Å². The van der Waals surface area contributed by atoms with Crippen molar-refractivity contribution in [1.29, 1.82) is 0 Å². The molecule has 1 N–H and O–H groups in total. The Kier molecular flexibility index (Phi) is 7.23. The average molecular weight is 480 g/mol. The number of hydrogen-bond donors (Lipinski definition) is 1. The number of ether oxygens (including phenoxy) is 1. The fourth-order valence-corrected chi connectivity index (χ4v) is 3.81. The fourth-order valence-electron chi connectivity index (χ4n) is 3.60. The summed E-state index contributed by atoms with van der Waals surface area (Å²) in [6, 6.07) is 19.1. The molecule has 34 heavy (non-hydrogen) atoms. The van der Waals surface area contributed by atoms with E-state index >= 15 is 0 Å². The van der Waals surface area contributed by atoms with Gasteiger partial charge in [0.1, 0.15) is 18.2 Å². The molecule has 0 saturated carbocycles. The largest absolute Gasteiger partial charge is 0.489 e. The number of rotatable bonds is 7. The molecule has 6 nitrogen and oxygen atoms in total. The second-order valence-corrected chi connectivity index (χ2v) is 8.44. The third kappa shape index (κ3) is 5.61. The Labute approximate surface area is 202 Å². The summed E-state index contributed by atoms with van der Waals surface area (Å²) in [6.07, 6.45) is 1.65. The first-order valence-corrected chi connectivity index (χ1v) is 11.1. The van der Waals surface area contributed by atoms with Gasteiger partial charge >= 0.3 is 0 Å². The third-order valence-corrected chi connectivity index (χ3v) is 5.91. The number of halogens is 2. The second kappa shape index (κ2) is 10.5. The Morgan fingerprint density at radius 3 is 2.62 bits per heavy atom. The molecule has 1 aliphatic heterocycles. The lowest BCUT2D eigenvalue weighted by Gasteiger charge is -2.16. The molecule has 4 rings (SSSR count). The van der Waals surface area contributed by atoms with Gasteiger partial charge in [0.15, 0.2) is 0 Å². The van der Waals surface area contributed by atoms with Crippen LogP contribution in [0.15, 0.2) is 71.8 Å². The molecule has 1 atom stereocenters. The van der Waals surface area contributed by atoms with Crippen LogP contribution in [-0.4, -0.2) is 24.6 Å². The summed E-state index contributed by atoms with van der Waals surface area (Å²) in [5.41, 5.74) is 5.44. The predicted molar refractivity (Wildman–Crippen MR) is 130 cm³/mol. The van der Waals surface area contributed by atoms with Gasteiger partial charge in [0.05, 0.1) is 17.2 Å². The number of benzene rings is 3. The number of nitrogens with zero attached hydrogens (tertiary/aromatic N) is 2. The van der Waals surface area contributed by atoms with Gasteiger partial charge in [0.2, 0.25) is 11.8 Å². The van der Waals surface area contributed by atoms with Crippen LogP contribution in [0.5, 0.6) is 5.75 Å². The molecule has 174 valence electrons. The SMILES string of the molecule is Cc1ccc(N2C[C@H](C(=O)N/N=C/c3ccc(OCc4c(F)cccc4Cl)cc3)CC2=O)cc1. The van der Waals surface area contributed by atoms with E-state index in [4.69, 9.17) is 16.3 Å². The minimum atomic E-state index is -0.466. The maximum absolute atomic E-state index is 13.8. The Hall–Kier alpha value is -3.71. The van der Waals surface area contributed by atoms with Crippen molar-refractivity contribution in [3.8, 4) is 5.75 Å². The number of hydrazone groups is 1. The molecule has 0 aliphatic carbocycles. The summed E-state index contributed by atoms with van der Waals surface area (Å²) in [7, 11) is 0. The minimum absolute atomic E-state index is 0.00865. The number of aryl methyl sites for hydroxylation is 1. The highest BCUT2D eigenvalue weighted by Crippen LogP contribution is 2.25. The lowest BCUT2D eigenvalue weighted by molar-refractivity contribution is -0.126. The van der Waals surface area contributed by atoms with Crippen LogP contribution in [-0.2, 0) is 16.2 Å². The van der Waals surface area contributed by atoms with Crippen molar-refractivity contribution in [3.63, 3.8) is 0 Å². The lowest BCUT2D eigenvalue weighted by atomic mass is 10.1. The number of anilines is 1. The second-order valence-electron chi connectivity index (χ2n) is 8.03. The first kappa shape index (κ1) is 23.4. The highest BCUT2D eigenvalue weighted by atomic mass is 35.5. The van der Waals surface area contributed by atoms with Gasteiger partial charge in [-0.1, -0.05) is 35.4 Å². The zero-order valence-electron chi connectivity index (χ0n) is 18.5. The molecule has 1 heterocycles. The quantitative estimate of drug-likeness (QED) is 0.388. The van der Waals surface area contributed by atoms with Gasteiger partial charge in [0.25, 0.3) is 0 Å². The van der Waals surface area contributed by atoms with E-state index in [9.17, 15) is 14.0 Å². The molecule has 0 unspecified atom stereocenters. The van der Waals surface area contributed by atoms with Crippen molar-refractivity contribution in [1.82, 2.24) is 5.43 Å². The van der Waals surface area contributed by atoms with Crippen molar-refractivity contribution in [2.45, 2.75) is 20.0 Å². The average Bonchev–Trinajstić information content (AvgIpc) is 3.22. The Bertz CT molecular complexity index is 1190. The molecule has 1 saturated heterocycles. The molecular weight excluding hydrogens is 457 g/mol. The van der Waals surface area contributed by atoms with Crippen molar-refractivity contribution >= 4 is 35.3 Å². The van der Waals surface area contributed by atoms with Crippen molar-refractivity contribution in [2.24, 2.45) is 11.0 Å². The molecule has 2 amide bonds. The first-order valence-electron chi connectivity index (χ1n) is 10.8. The summed E-state index contributed by atoms with van der Waals surface area (Å²) in [4.78, 5) is 26.5. The standard InChI is InChI=1S/C26H23ClFN3O3/c1-17-5-9-20(10-6-17)31-15-19(13-25(31)32)26(33)30-29-14-18-7-11-21(12-8-18)34-16-22-23(27)3-2-4-24(22)28/h2-12,14,19H,13,15-16H2,1H3,(H,30,33)/b29-14+/t19-/m1/s1. The zero-order chi connectivity index (χ0) is 24.1. The van der Waals surface area contributed by atoms with Crippen LogP contribution in [0.25, 0.3) is 0 Å². The summed E-state index contributed by atoms with van der Waals surface area (Å²) in [5, 5.41) is 4.32. The van der Waals surface area contributed by atoms with Crippen LogP contribution >= 0.6 is 11.6 Å². The van der Waals surface area contributed by atoms with Crippen LogP contribution in [0, 0.1) is 18.7 Å². The number of hydrogen-bond acceptors (Lipinski definition) is 4. The van der Waals surface area contributed by atoms with Gasteiger partial charge in [-0.15, -0.1) is 0 Å². The Morgan fingerprint density at radius 2 is 1.91 bits per heavy atom. The van der Waals surface area contributed by atoms with Crippen LogP contribution in [0.1, 0.15) is 23.1 Å². The van der Waals surface area contributed by atoms with Crippen molar-refractivity contribution < 1.29 is 18.7 Å². The van der Waals surface area contributed by atoms with Crippen LogP contribution in [0.2, 0.25) is 5.02 Å². The summed E-state index contributed by atoms with van der Waals surface area (Å²) >= 11 is 6.01. The minimum Gasteiger partial charge on any atom is -0.489 e. The van der Waals surface area contributed by atoms with E-state index in [1.165, 1.54) is 12.3 Å². The Balaban J connectivity index is 1.28. The number of carbonyl (C=O) groups is 2. The molecule has 0 bridgehead atoms. The highest BCUT2D eigenvalue weighted by Gasteiger charge is 2.35. The summed E-state index contributed by atoms with van der Waals surface area (Å²) in [5.74, 6) is -0.729. The van der Waals surface area contributed by atoms with E-state index in [0.717, 1.165) is 16.8 Å².